The Morgan fingerprint density at radius 2 is 1.94 bits per heavy atom. The number of anilines is 2. The van der Waals surface area contributed by atoms with Crippen LogP contribution in [0.2, 0.25) is 5.02 Å². The lowest BCUT2D eigenvalue weighted by Gasteiger charge is -2.11. The van der Waals surface area contributed by atoms with Crippen molar-refractivity contribution in [3.63, 3.8) is 0 Å². The molecule has 2 nitrogen and oxygen atoms in total. The second-order valence-corrected chi connectivity index (χ2v) is 5.84. The fourth-order valence-corrected chi connectivity index (χ4v) is 2.61. The summed E-state index contributed by atoms with van der Waals surface area (Å²) in [6, 6.07) is 4.85. The molecular formula is C12H8Br2ClFN2. The monoisotopic (exact) mass is 392 g/mol. The smallest absolute Gasteiger partial charge is 0.144 e. The maximum atomic E-state index is 13.5. The van der Waals surface area contributed by atoms with Gasteiger partial charge in [0.1, 0.15) is 11.6 Å². The number of benzene rings is 1. The molecule has 0 unspecified atom stereocenters. The number of pyridine rings is 1. The minimum absolute atomic E-state index is 0.326. The molecule has 1 N–H and O–H groups in total. The summed E-state index contributed by atoms with van der Waals surface area (Å²) in [6.45, 7) is 1.89. The normalized spacial score (nSPS) is 10.5. The number of halogens is 4. The molecule has 0 saturated carbocycles. The van der Waals surface area contributed by atoms with Crippen LogP contribution in [0.4, 0.5) is 15.9 Å². The predicted molar refractivity (Wildman–Crippen MR) is 79.1 cm³/mol. The minimum Gasteiger partial charge on any atom is -0.339 e. The third-order valence-electron chi connectivity index (χ3n) is 2.33. The molecule has 0 saturated heterocycles. The van der Waals surface area contributed by atoms with Gasteiger partial charge in [0.15, 0.2) is 0 Å². The third-order valence-corrected chi connectivity index (χ3v) is 3.75. The van der Waals surface area contributed by atoms with Crippen molar-refractivity contribution < 1.29 is 4.39 Å². The molecule has 0 amide bonds. The number of aryl methyl sites for hydroxylation is 1. The topological polar surface area (TPSA) is 24.9 Å². The zero-order valence-corrected chi connectivity index (χ0v) is 13.2. The molecule has 1 aromatic carbocycles. The van der Waals surface area contributed by atoms with Gasteiger partial charge in [0.25, 0.3) is 0 Å². The summed E-state index contributed by atoms with van der Waals surface area (Å²) >= 11 is 12.3. The number of rotatable bonds is 2. The molecule has 0 spiro atoms. The van der Waals surface area contributed by atoms with Crippen LogP contribution in [0.1, 0.15) is 5.56 Å². The Balaban J connectivity index is 2.37. The highest BCUT2D eigenvalue weighted by molar-refractivity contribution is 9.10. The van der Waals surface area contributed by atoms with Crippen LogP contribution in [0, 0.1) is 12.7 Å². The van der Waals surface area contributed by atoms with Gasteiger partial charge in [-0.1, -0.05) is 11.6 Å². The first-order valence-electron chi connectivity index (χ1n) is 5.01. The summed E-state index contributed by atoms with van der Waals surface area (Å²) in [5.74, 6) is 0.261. The molecule has 0 aliphatic carbocycles. The van der Waals surface area contributed by atoms with Crippen molar-refractivity contribution >= 4 is 55.0 Å². The van der Waals surface area contributed by atoms with Crippen molar-refractivity contribution in [1.29, 1.82) is 0 Å². The SMILES string of the molecule is Cc1cc(Br)c(F)cc1Nc1ncc(Cl)cc1Br. The van der Waals surface area contributed by atoms with Crippen LogP contribution < -0.4 is 5.32 Å². The Morgan fingerprint density at radius 1 is 1.22 bits per heavy atom. The number of aromatic nitrogens is 1. The summed E-state index contributed by atoms with van der Waals surface area (Å²) in [5, 5.41) is 3.59. The molecule has 0 aliphatic heterocycles. The van der Waals surface area contributed by atoms with E-state index in [9.17, 15) is 4.39 Å². The fraction of sp³-hybridized carbons (Fsp3) is 0.0833. The van der Waals surface area contributed by atoms with E-state index in [0.29, 0.717) is 21.0 Å². The van der Waals surface area contributed by atoms with E-state index in [0.717, 1.165) is 10.0 Å². The zero-order valence-electron chi connectivity index (χ0n) is 9.27. The standard InChI is InChI=1S/C12H8Br2ClFN2/c1-6-2-8(13)10(16)4-11(6)18-12-9(14)3-7(15)5-17-12/h2-5H,1H3,(H,17,18). The van der Waals surface area contributed by atoms with Gasteiger partial charge < -0.3 is 5.32 Å². The quantitative estimate of drug-likeness (QED) is 0.733. The van der Waals surface area contributed by atoms with E-state index in [2.05, 4.69) is 42.2 Å². The average molecular weight is 394 g/mol. The highest BCUT2D eigenvalue weighted by Gasteiger charge is 2.08. The summed E-state index contributed by atoms with van der Waals surface area (Å²) in [6.07, 6.45) is 1.53. The molecule has 2 rings (SSSR count). The Labute approximate surface area is 126 Å². The molecule has 0 fully saturated rings. The maximum absolute atomic E-state index is 13.5. The van der Waals surface area contributed by atoms with Gasteiger partial charge in [-0.2, -0.15) is 0 Å². The molecule has 94 valence electrons. The van der Waals surface area contributed by atoms with Gasteiger partial charge in [0.05, 0.1) is 14.0 Å². The van der Waals surface area contributed by atoms with Crippen LogP contribution in [0.15, 0.2) is 33.3 Å². The molecule has 0 atom stereocenters. The third kappa shape index (κ3) is 3.02. The molecule has 0 bridgehead atoms. The molecule has 18 heavy (non-hydrogen) atoms. The van der Waals surface area contributed by atoms with Gasteiger partial charge in [-0.3, -0.25) is 0 Å². The Hall–Kier alpha value is -0.650. The van der Waals surface area contributed by atoms with E-state index in [-0.39, 0.29) is 5.82 Å². The van der Waals surface area contributed by atoms with Crippen LogP contribution in [0.25, 0.3) is 0 Å². The zero-order chi connectivity index (χ0) is 13.3. The van der Waals surface area contributed by atoms with Crippen molar-refractivity contribution in [2.45, 2.75) is 6.92 Å². The molecule has 2 aromatic rings. The van der Waals surface area contributed by atoms with Crippen molar-refractivity contribution in [3.05, 3.63) is 49.7 Å². The lowest BCUT2D eigenvalue weighted by atomic mass is 10.2. The highest BCUT2D eigenvalue weighted by Crippen LogP contribution is 2.30. The van der Waals surface area contributed by atoms with Crippen LogP contribution in [-0.2, 0) is 0 Å². The first kappa shape index (κ1) is 13.8. The van der Waals surface area contributed by atoms with Crippen LogP contribution >= 0.6 is 43.5 Å². The van der Waals surface area contributed by atoms with Gasteiger partial charge in [-0.15, -0.1) is 0 Å². The summed E-state index contributed by atoms with van der Waals surface area (Å²) < 4.78 is 14.6. The van der Waals surface area contributed by atoms with E-state index < -0.39 is 0 Å². The maximum Gasteiger partial charge on any atom is 0.144 e. The predicted octanol–water partition coefficient (Wildman–Crippen LogP) is 5.45. The Bertz CT molecular complexity index is 605. The lowest BCUT2D eigenvalue weighted by molar-refractivity contribution is 0.621. The first-order chi connectivity index (χ1) is 8.47. The number of hydrogen-bond acceptors (Lipinski definition) is 2. The van der Waals surface area contributed by atoms with Crippen LogP contribution in [0.5, 0.6) is 0 Å². The molecule has 1 aromatic heterocycles. The van der Waals surface area contributed by atoms with Crippen molar-refractivity contribution in [3.8, 4) is 0 Å². The van der Waals surface area contributed by atoms with Gasteiger partial charge in [-0.25, -0.2) is 9.37 Å². The van der Waals surface area contributed by atoms with Crippen LogP contribution in [0.3, 0.4) is 0 Å². The van der Waals surface area contributed by atoms with Crippen molar-refractivity contribution in [2.75, 3.05) is 5.32 Å². The van der Waals surface area contributed by atoms with E-state index in [1.807, 2.05) is 6.92 Å². The number of hydrogen-bond donors (Lipinski definition) is 1. The summed E-state index contributed by atoms with van der Waals surface area (Å²) in [5.41, 5.74) is 1.57. The fourth-order valence-electron chi connectivity index (χ4n) is 1.42. The second kappa shape index (κ2) is 5.55. The lowest BCUT2D eigenvalue weighted by Crippen LogP contribution is -1.98. The highest BCUT2D eigenvalue weighted by atomic mass is 79.9. The van der Waals surface area contributed by atoms with E-state index in [1.165, 1.54) is 12.3 Å². The largest absolute Gasteiger partial charge is 0.339 e. The second-order valence-electron chi connectivity index (χ2n) is 3.69. The molecular weight excluding hydrogens is 386 g/mol. The summed E-state index contributed by atoms with van der Waals surface area (Å²) in [7, 11) is 0. The van der Waals surface area contributed by atoms with Gasteiger partial charge >= 0.3 is 0 Å². The van der Waals surface area contributed by atoms with Crippen molar-refractivity contribution in [1.82, 2.24) is 4.98 Å². The number of nitrogens with one attached hydrogen (secondary N) is 1. The van der Waals surface area contributed by atoms with E-state index in [4.69, 9.17) is 11.6 Å². The van der Waals surface area contributed by atoms with E-state index in [1.54, 1.807) is 12.1 Å². The average Bonchev–Trinajstić information content (AvgIpc) is 2.29. The molecule has 0 aliphatic rings. The minimum atomic E-state index is -0.326. The van der Waals surface area contributed by atoms with Crippen LogP contribution in [-0.4, -0.2) is 4.98 Å². The Kier molecular flexibility index (Phi) is 4.25. The molecule has 0 radical (unpaired) electrons. The molecule has 6 heteroatoms. The van der Waals surface area contributed by atoms with Crippen molar-refractivity contribution in [2.24, 2.45) is 0 Å². The van der Waals surface area contributed by atoms with Gasteiger partial charge in [0, 0.05) is 11.9 Å². The first-order valence-corrected chi connectivity index (χ1v) is 6.97. The van der Waals surface area contributed by atoms with Gasteiger partial charge in [0.2, 0.25) is 0 Å². The van der Waals surface area contributed by atoms with Gasteiger partial charge in [-0.05, 0) is 62.5 Å². The Morgan fingerprint density at radius 3 is 2.61 bits per heavy atom. The number of nitrogens with zero attached hydrogens (tertiary/aromatic N) is 1. The van der Waals surface area contributed by atoms with E-state index >= 15 is 0 Å². The molecule has 1 heterocycles. The summed E-state index contributed by atoms with van der Waals surface area (Å²) in [4.78, 5) is 4.14.